The molecular weight excluding hydrogens is 456 g/mol. The number of aliphatic carboxylic acids is 1. The highest BCUT2D eigenvalue weighted by molar-refractivity contribution is 7.41. The summed E-state index contributed by atoms with van der Waals surface area (Å²) in [5.74, 6) is -2.06. The number of hydrogen-bond acceptors (Lipinski definition) is 4. The van der Waals surface area contributed by atoms with Gasteiger partial charge in [-0.1, -0.05) is 68.3 Å². The summed E-state index contributed by atoms with van der Waals surface area (Å²) in [5.41, 5.74) is 0.142. The third-order valence-corrected chi connectivity index (χ3v) is 7.89. The van der Waals surface area contributed by atoms with Crippen LogP contribution in [0.3, 0.4) is 0 Å². The molecule has 0 aliphatic carbocycles. The molecule has 0 aliphatic rings. The van der Waals surface area contributed by atoms with E-state index < -0.39 is 30.6 Å². The van der Waals surface area contributed by atoms with Crippen LogP contribution in [0.2, 0.25) is 0 Å². The van der Waals surface area contributed by atoms with Gasteiger partial charge in [-0.05, 0) is 42.7 Å². The van der Waals surface area contributed by atoms with Gasteiger partial charge >= 0.3 is 5.97 Å². The largest absolute Gasteiger partial charge is 0.480 e. The summed E-state index contributed by atoms with van der Waals surface area (Å²) >= 11 is 0. The first-order chi connectivity index (χ1) is 16.2. The maximum absolute atomic E-state index is 13.5. The predicted octanol–water partition coefficient (Wildman–Crippen LogP) is 5.11. The molecule has 0 aliphatic heterocycles. The summed E-state index contributed by atoms with van der Waals surface area (Å²) in [7, 11) is -3.84. The molecule has 3 aromatic rings. The van der Waals surface area contributed by atoms with Crippen molar-refractivity contribution in [1.29, 1.82) is 0 Å². The molecule has 3 rings (SSSR count). The molecule has 180 valence electrons. The molecule has 3 N–H and O–H groups in total. The van der Waals surface area contributed by atoms with E-state index in [4.69, 9.17) is 0 Å². The summed E-state index contributed by atoms with van der Waals surface area (Å²) in [6.07, 6.45) is 0.325. The zero-order valence-corrected chi connectivity index (χ0v) is 20.2. The zero-order chi connectivity index (χ0) is 24.9. The lowest BCUT2D eigenvalue weighted by atomic mass is 9.75. The minimum absolute atomic E-state index is 0.0211. The predicted molar refractivity (Wildman–Crippen MR) is 130 cm³/mol. The third-order valence-electron chi connectivity index (χ3n) is 6.28. The van der Waals surface area contributed by atoms with Crippen LogP contribution >= 0.6 is 8.03 Å². The van der Waals surface area contributed by atoms with E-state index in [2.05, 4.69) is 4.98 Å². The number of pyridine rings is 1. The summed E-state index contributed by atoms with van der Waals surface area (Å²) in [5, 5.41) is 20.1. The molecule has 0 saturated carbocycles. The van der Waals surface area contributed by atoms with E-state index >= 15 is 0 Å². The van der Waals surface area contributed by atoms with Crippen LogP contribution in [-0.2, 0) is 21.4 Å². The average Bonchev–Trinajstić information content (AvgIpc) is 2.81. The van der Waals surface area contributed by atoms with Crippen LogP contribution in [0.15, 0.2) is 66.7 Å². The van der Waals surface area contributed by atoms with Crippen molar-refractivity contribution in [3.05, 3.63) is 89.4 Å². The van der Waals surface area contributed by atoms with Crippen LogP contribution in [0.25, 0.3) is 11.3 Å². The normalized spacial score (nSPS) is 15.8. The SMILES string of the molecule is CCCCC(C(=O)O)([PH](=O)O)C(O)(Cc1ccc(F)cc1)c1ccc(C)c(-c2ccccc2)n1. The lowest BCUT2D eigenvalue weighted by Crippen LogP contribution is -2.56. The van der Waals surface area contributed by atoms with Crippen molar-refractivity contribution in [2.45, 2.75) is 50.3 Å². The van der Waals surface area contributed by atoms with Crippen LogP contribution < -0.4 is 0 Å². The van der Waals surface area contributed by atoms with Gasteiger partial charge in [0, 0.05) is 12.0 Å². The summed E-state index contributed by atoms with van der Waals surface area (Å²) in [6.45, 7) is 3.67. The lowest BCUT2D eigenvalue weighted by molar-refractivity contribution is -0.151. The quantitative estimate of drug-likeness (QED) is 0.345. The van der Waals surface area contributed by atoms with Gasteiger partial charge in [-0.25, -0.2) is 9.37 Å². The number of carboxylic acid groups (broad SMARTS) is 1. The molecule has 2 aromatic carbocycles. The second kappa shape index (κ2) is 10.6. The average molecular weight is 485 g/mol. The molecule has 0 bridgehead atoms. The molecular formula is C26H29FNO5P. The van der Waals surface area contributed by atoms with Gasteiger partial charge in [0.25, 0.3) is 0 Å². The number of rotatable bonds is 10. The molecule has 3 unspecified atom stereocenters. The highest BCUT2D eigenvalue weighted by Gasteiger charge is 2.61. The number of nitrogens with zero attached hydrogens (tertiary/aromatic N) is 1. The molecule has 1 heterocycles. The van der Waals surface area contributed by atoms with Crippen molar-refractivity contribution >= 4 is 14.0 Å². The van der Waals surface area contributed by atoms with Crippen molar-refractivity contribution in [3.63, 3.8) is 0 Å². The number of aromatic nitrogens is 1. The van der Waals surface area contributed by atoms with Crippen molar-refractivity contribution in [2.24, 2.45) is 0 Å². The summed E-state index contributed by atoms with van der Waals surface area (Å²) in [6, 6.07) is 17.7. The van der Waals surface area contributed by atoms with Gasteiger partial charge in [-0.3, -0.25) is 9.36 Å². The second-order valence-electron chi connectivity index (χ2n) is 8.51. The van der Waals surface area contributed by atoms with Crippen LogP contribution in [0.5, 0.6) is 0 Å². The van der Waals surface area contributed by atoms with E-state index in [1.807, 2.05) is 44.2 Å². The number of carbonyl (C=O) groups is 1. The first-order valence-electron chi connectivity index (χ1n) is 11.1. The second-order valence-corrected chi connectivity index (χ2v) is 9.97. The molecule has 0 radical (unpaired) electrons. The molecule has 34 heavy (non-hydrogen) atoms. The minimum Gasteiger partial charge on any atom is -0.480 e. The fourth-order valence-electron chi connectivity index (χ4n) is 4.31. The van der Waals surface area contributed by atoms with Gasteiger partial charge in [0.15, 0.2) is 5.16 Å². The van der Waals surface area contributed by atoms with Crippen LogP contribution in [0.1, 0.15) is 43.0 Å². The smallest absolute Gasteiger partial charge is 0.322 e. The van der Waals surface area contributed by atoms with Crippen LogP contribution in [0, 0.1) is 12.7 Å². The summed E-state index contributed by atoms with van der Waals surface area (Å²) in [4.78, 5) is 27.8. The van der Waals surface area contributed by atoms with Crippen LogP contribution in [-0.4, -0.2) is 31.2 Å². The van der Waals surface area contributed by atoms with E-state index in [9.17, 15) is 28.9 Å². The number of halogens is 1. The zero-order valence-electron chi connectivity index (χ0n) is 19.2. The van der Waals surface area contributed by atoms with Gasteiger partial charge in [-0.2, -0.15) is 0 Å². The first kappa shape index (κ1) is 25.8. The Bertz CT molecular complexity index is 1160. The number of hydrogen-bond donors (Lipinski definition) is 3. The molecule has 0 spiro atoms. The summed E-state index contributed by atoms with van der Waals surface area (Å²) < 4.78 is 26.3. The van der Waals surface area contributed by atoms with Crippen molar-refractivity contribution in [1.82, 2.24) is 4.98 Å². The monoisotopic (exact) mass is 485 g/mol. The van der Waals surface area contributed by atoms with E-state index in [1.165, 1.54) is 30.3 Å². The molecule has 0 fully saturated rings. The van der Waals surface area contributed by atoms with E-state index in [0.717, 1.165) is 11.1 Å². The van der Waals surface area contributed by atoms with Gasteiger partial charge in [0.2, 0.25) is 8.03 Å². The molecule has 3 atom stereocenters. The Morgan fingerprint density at radius 2 is 1.71 bits per heavy atom. The number of aliphatic hydroxyl groups is 1. The molecule has 0 amide bonds. The van der Waals surface area contributed by atoms with Gasteiger partial charge in [0.1, 0.15) is 11.4 Å². The Hall–Kier alpha value is -2.86. The third kappa shape index (κ3) is 4.83. The fraction of sp³-hybridized carbons (Fsp3) is 0.308. The first-order valence-corrected chi connectivity index (χ1v) is 12.5. The maximum Gasteiger partial charge on any atom is 0.322 e. The number of benzene rings is 2. The Labute approximate surface area is 199 Å². The van der Waals surface area contributed by atoms with Crippen molar-refractivity contribution < 1.29 is 28.9 Å². The Kier molecular flexibility index (Phi) is 8.03. The molecule has 6 nitrogen and oxygen atoms in total. The highest BCUT2D eigenvalue weighted by Crippen LogP contribution is 2.53. The minimum atomic E-state index is -3.84. The topological polar surface area (TPSA) is 108 Å². The van der Waals surface area contributed by atoms with Gasteiger partial charge < -0.3 is 15.1 Å². The Morgan fingerprint density at radius 1 is 1.06 bits per heavy atom. The molecule has 8 heteroatoms. The van der Waals surface area contributed by atoms with E-state index in [0.29, 0.717) is 24.1 Å². The van der Waals surface area contributed by atoms with Gasteiger partial charge in [0.05, 0.1) is 11.4 Å². The Morgan fingerprint density at radius 3 is 2.26 bits per heavy atom. The van der Waals surface area contributed by atoms with E-state index in [-0.39, 0.29) is 18.5 Å². The van der Waals surface area contributed by atoms with Crippen molar-refractivity contribution in [2.75, 3.05) is 0 Å². The maximum atomic E-state index is 13.5. The number of aryl methyl sites for hydroxylation is 1. The molecule has 1 aromatic heterocycles. The fourth-order valence-corrected chi connectivity index (χ4v) is 5.46. The molecule has 0 saturated heterocycles. The van der Waals surface area contributed by atoms with Crippen molar-refractivity contribution in [3.8, 4) is 11.3 Å². The standard InChI is InChI=1S/C26H29FNO5P/c1-3-4-16-26(24(29)30,34(32)33)25(31,17-19-11-13-21(27)14-12-19)22-15-10-18(2)23(28-22)20-8-6-5-7-9-20/h5-15,31,34H,3-4,16-17H2,1-2H3,(H,29,30)(H,32,33). The van der Waals surface area contributed by atoms with E-state index in [1.54, 1.807) is 6.07 Å². The lowest BCUT2D eigenvalue weighted by Gasteiger charge is -2.42. The van der Waals surface area contributed by atoms with Crippen LogP contribution in [0.4, 0.5) is 4.39 Å². The van der Waals surface area contributed by atoms with Gasteiger partial charge in [-0.15, -0.1) is 0 Å². The highest BCUT2D eigenvalue weighted by atomic mass is 31.1. The number of unbranched alkanes of at least 4 members (excludes halogenated alkanes) is 1. The Balaban J connectivity index is 2.30. The number of carboxylic acids is 1.